The largest absolute Gasteiger partial charge is 0.411 e. The minimum atomic E-state index is -4.34. The molecule has 1 aromatic carbocycles. The van der Waals surface area contributed by atoms with Crippen LogP contribution in [0, 0.1) is 0 Å². The van der Waals surface area contributed by atoms with Gasteiger partial charge in [0.05, 0.1) is 19.8 Å². The minimum Gasteiger partial charge on any atom is -0.378 e. The van der Waals surface area contributed by atoms with E-state index < -0.39 is 12.8 Å². The number of benzene rings is 1. The Balaban J connectivity index is 1.50. The average molecular weight is 409 g/mol. The van der Waals surface area contributed by atoms with Crippen molar-refractivity contribution in [2.24, 2.45) is 0 Å². The van der Waals surface area contributed by atoms with E-state index in [4.69, 9.17) is 4.74 Å². The Hall–Kier alpha value is -2.65. The van der Waals surface area contributed by atoms with E-state index >= 15 is 0 Å². The molecular formula is C20H22F3N3O3. The quantitative estimate of drug-likeness (QED) is 0.762. The number of amides is 1. The standard InChI is InChI=1S/C20H22F3N3O3/c21-20(22,23)14-29-13-16-3-1-15(2-4-16)12-25-19(27)18-11-17(5-6-24-18)26-7-9-28-10-8-26/h1-6,11H,7-10,12-14H2,(H,25,27). The van der Waals surface area contributed by atoms with Crippen LogP contribution in [0.25, 0.3) is 0 Å². The predicted molar refractivity (Wildman–Crippen MR) is 101 cm³/mol. The lowest BCUT2D eigenvalue weighted by atomic mass is 10.1. The number of nitrogens with one attached hydrogen (secondary N) is 1. The highest BCUT2D eigenvalue weighted by Crippen LogP contribution is 2.17. The summed E-state index contributed by atoms with van der Waals surface area (Å²) in [5.41, 5.74) is 2.70. The van der Waals surface area contributed by atoms with E-state index in [0.29, 0.717) is 24.5 Å². The Morgan fingerprint density at radius 1 is 1.14 bits per heavy atom. The van der Waals surface area contributed by atoms with Gasteiger partial charge in [0.1, 0.15) is 12.3 Å². The first kappa shape index (κ1) is 21.1. The molecule has 0 spiro atoms. The smallest absolute Gasteiger partial charge is 0.378 e. The van der Waals surface area contributed by atoms with Crippen LogP contribution in [-0.4, -0.2) is 50.0 Å². The number of alkyl halides is 3. The van der Waals surface area contributed by atoms with Crippen molar-refractivity contribution in [3.05, 3.63) is 59.4 Å². The van der Waals surface area contributed by atoms with Gasteiger partial charge in [-0.2, -0.15) is 13.2 Å². The first-order valence-electron chi connectivity index (χ1n) is 9.20. The van der Waals surface area contributed by atoms with Crippen LogP contribution in [0.1, 0.15) is 21.6 Å². The van der Waals surface area contributed by atoms with Crippen molar-refractivity contribution >= 4 is 11.6 Å². The lowest BCUT2D eigenvalue weighted by Crippen LogP contribution is -2.36. The third-order valence-electron chi connectivity index (χ3n) is 4.36. The molecule has 3 rings (SSSR count). The molecule has 1 amide bonds. The molecule has 0 saturated carbocycles. The van der Waals surface area contributed by atoms with Gasteiger partial charge in [0.2, 0.25) is 0 Å². The van der Waals surface area contributed by atoms with E-state index in [0.717, 1.165) is 24.3 Å². The van der Waals surface area contributed by atoms with Gasteiger partial charge in [0.15, 0.2) is 0 Å². The summed E-state index contributed by atoms with van der Waals surface area (Å²) in [6, 6.07) is 10.4. The Kier molecular flexibility index (Phi) is 7.05. The van der Waals surface area contributed by atoms with Crippen LogP contribution in [0.2, 0.25) is 0 Å². The second kappa shape index (κ2) is 9.71. The third kappa shape index (κ3) is 6.72. The van der Waals surface area contributed by atoms with Crippen molar-refractivity contribution in [3.63, 3.8) is 0 Å². The van der Waals surface area contributed by atoms with Crippen molar-refractivity contribution in [2.45, 2.75) is 19.3 Å². The second-order valence-electron chi connectivity index (χ2n) is 6.61. The number of pyridine rings is 1. The van der Waals surface area contributed by atoms with E-state index in [1.165, 1.54) is 0 Å². The maximum atomic E-state index is 12.4. The molecular weight excluding hydrogens is 387 g/mol. The number of hydrogen-bond donors (Lipinski definition) is 1. The van der Waals surface area contributed by atoms with Crippen LogP contribution in [0.15, 0.2) is 42.6 Å². The normalized spacial score (nSPS) is 14.7. The molecule has 2 heterocycles. The summed E-state index contributed by atoms with van der Waals surface area (Å²) >= 11 is 0. The van der Waals surface area contributed by atoms with E-state index in [1.807, 2.05) is 6.07 Å². The van der Waals surface area contributed by atoms with Crippen LogP contribution in [0.3, 0.4) is 0 Å². The zero-order valence-corrected chi connectivity index (χ0v) is 15.7. The highest BCUT2D eigenvalue weighted by molar-refractivity contribution is 5.93. The Labute approximate surface area is 166 Å². The molecule has 1 fully saturated rings. The van der Waals surface area contributed by atoms with Crippen molar-refractivity contribution in [2.75, 3.05) is 37.8 Å². The molecule has 9 heteroatoms. The molecule has 0 aliphatic carbocycles. The number of aromatic nitrogens is 1. The number of ether oxygens (including phenoxy) is 2. The molecule has 0 unspecified atom stereocenters. The number of anilines is 1. The summed E-state index contributed by atoms with van der Waals surface area (Å²) in [7, 11) is 0. The van der Waals surface area contributed by atoms with Crippen molar-refractivity contribution in [1.29, 1.82) is 0 Å². The van der Waals surface area contributed by atoms with Gasteiger partial charge in [-0.15, -0.1) is 0 Å². The fourth-order valence-corrected chi connectivity index (χ4v) is 2.87. The van der Waals surface area contributed by atoms with Crippen LogP contribution in [0.4, 0.5) is 18.9 Å². The number of hydrogen-bond acceptors (Lipinski definition) is 5. The number of morpholine rings is 1. The predicted octanol–water partition coefficient (Wildman–Crippen LogP) is 2.93. The summed E-state index contributed by atoms with van der Waals surface area (Å²) in [5, 5.41) is 2.80. The van der Waals surface area contributed by atoms with E-state index in [2.05, 4.69) is 19.9 Å². The summed E-state index contributed by atoms with van der Waals surface area (Å²) in [5.74, 6) is -0.294. The summed E-state index contributed by atoms with van der Waals surface area (Å²) in [4.78, 5) is 18.7. The highest BCUT2D eigenvalue weighted by Gasteiger charge is 2.27. The van der Waals surface area contributed by atoms with Crippen molar-refractivity contribution in [1.82, 2.24) is 10.3 Å². The number of nitrogens with zero attached hydrogens (tertiary/aromatic N) is 2. The van der Waals surface area contributed by atoms with E-state index in [-0.39, 0.29) is 19.1 Å². The summed E-state index contributed by atoms with van der Waals surface area (Å²) in [6.45, 7) is 1.73. The minimum absolute atomic E-state index is 0.121. The average Bonchev–Trinajstić information content (AvgIpc) is 2.73. The van der Waals surface area contributed by atoms with Gasteiger partial charge in [-0.1, -0.05) is 24.3 Å². The molecule has 29 heavy (non-hydrogen) atoms. The van der Waals surface area contributed by atoms with Crippen LogP contribution >= 0.6 is 0 Å². The van der Waals surface area contributed by atoms with E-state index in [1.54, 1.807) is 36.5 Å². The number of halogens is 3. The fourth-order valence-electron chi connectivity index (χ4n) is 2.87. The van der Waals surface area contributed by atoms with Gasteiger partial charge < -0.3 is 19.7 Å². The summed E-state index contributed by atoms with van der Waals surface area (Å²) in [6.07, 6.45) is -2.73. The Morgan fingerprint density at radius 2 is 1.83 bits per heavy atom. The molecule has 2 aromatic rings. The van der Waals surface area contributed by atoms with Gasteiger partial charge in [-0.05, 0) is 23.3 Å². The molecule has 1 N–H and O–H groups in total. The molecule has 156 valence electrons. The SMILES string of the molecule is O=C(NCc1ccc(COCC(F)(F)F)cc1)c1cc(N2CCOCC2)ccn1. The number of carbonyl (C=O) groups excluding carboxylic acids is 1. The maximum absolute atomic E-state index is 12.4. The van der Waals surface area contributed by atoms with Gasteiger partial charge in [0.25, 0.3) is 5.91 Å². The van der Waals surface area contributed by atoms with Crippen molar-refractivity contribution < 1.29 is 27.4 Å². The Morgan fingerprint density at radius 3 is 2.52 bits per heavy atom. The molecule has 0 radical (unpaired) electrons. The third-order valence-corrected chi connectivity index (χ3v) is 4.36. The van der Waals surface area contributed by atoms with Crippen molar-refractivity contribution in [3.8, 4) is 0 Å². The van der Waals surface area contributed by atoms with Gasteiger partial charge in [-0.25, -0.2) is 0 Å². The molecule has 6 nitrogen and oxygen atoms in total. The van der Waals surface area contributed by atoms with Crippen LogP contribution in [0.5, 0.6) is 0 Å². The lowest BCUT2D eigenvalue weighted by molar-refractivity contribution is -0.176. The lowest BCUT2D eigenvalue weighted by Gasteiger charge is -2.28. The van der Waals surface area contributed by atoms with Gasteiger partial charge >= 0.3 is 6.18 Å². The molecule has 1 aliphatic rings. The zero-order valence-electron chi connectivity index (χ0n) is 15.7. The van der Waals surface area contributed by atoms with E-state index in [9.17, 15) is 18.0 Å². The first-order chi connectivity index (χ1) is 13.9. The first-order valence-corrected chi connectivity index (χ1v) is 9.20. The van der Waals surface area contributed by atoms with Gasteiger partial charge in [-0.3, -0.25) is 9.78 Å². The maximum Gasteiger partial charge on any atom is 0.411 e. The van der Waals surface area contributed by atoms with Crippen LogP contribution < -0.4 is 10.2 Å². The van der Waals surface area contributed by atoms with Crippen LogP contribution in [-0.2, 0) is 22.6 Å². The molecule has 0 bridgehead atoms. The van der Waals surface area contributed by atoms with Gasteiger partial charge in [0, 0.05) is 31.5 Å². The number of rotatable bonds is 7. The Bertz CT molecular complexity index is 807. The summed E-state index contributed by atoms with van der Waals surface area (Å²) < 4.78 is 46.2. The zero-order chi connectivity index (χ0) is 20.7. The molecule has 1 aromatic heterocycles. The second-order valence-corrected chi connectivity index (χ2v) is 6.61. The highest BCUT2D eigenvalue weighted by atomic mass is 19.4. The molecule has 1 saturated heterocycles. The fraction of sp³-hybridized carbons (Fsp3) is 0.400. The topological polar surface area (TPSA) is 63.7 Å². The molecule has 0 atom stereocenters. The monoisotopic (exact) mass is 409 g/mol. The number of carbonyl (C=O) groups is 1. The molecule has 1 aliphatic heterocycles.